The quantitative estimate of drug-likeness (QED) is 0.783. The minimum Gasteiger partial charge on any atom is -0.462 e. The predicted molar refractivity (Wildman–Crippen MR) is 92.9 cm³/mol. The smallest absolute Gasteiger partial charge is 0.341 e. The number of nitrogens with zero attached hydrogens (tertiary/aromatic N) is 3. The zero-order valence-electron chi connectivity index (χ0n) is 14.9. The third kappa shape index (κ3) is 3.73. The van der Waals surface area contributed by atoms with Crippen molar-refractivity contribution in [3.63, 3.8) is 0 Å². The van der Waals surface area contributed by atoms with Crippen LogP contribution in [-0.4, -0.2) is 39.7 Å². The van der Waals surface area contributed by atoms with E-state index in [1.807, 2.05) is 42.2 Å². The predicted octanol–water partition coefficient (Wildman–Crippen LogP) is 2.24. The summed E-state index contributed by atoms with van der Waals surface area (Å²) in [5.41, 5.74) is 3.08. The van der Waals surface area contributed by atoms with Crippen molar-refractivity contribution in [1.29, 1.82) is 0 Å². The lowest BCUT2D eigenvalue weighted by atomic mass is 10.1. The Morgan fingerprint density at radius 1 is 1.28 bits per heavy atom. The molecule has 0 bridgehead atoms. The maximum absolute atomic E-state index is 12.3. The second-order valence-electron chi connectivity index (χ2n) is 6.60. The number of amides is 1. The van der Waals surface area contributed by atoms with Gasteiger partial charge in [-0.1, -0.05) is 30.3 Å². The molecule has 1 fully saturated rings. The van der Waals surface area contributed by atoms with E-state index in [4.69, 9.17) is 4.74 Å². The number of likely N-dealkylation sites (tertiary alicyclic amines) is 1. The van der Waals surface area contributed by atoms with Crippen LogP contribution < -0.4 is 0 Å². The van der Waals surface area contributed by atoms with Crippen LogP contribution in [0.15, 0.2) is 30.3 Å². The van der Waals surface area contributed by atoms with Crippen LogP contribution >= 0.6 is 0 Å². The average molecular weight is 341 g/mol. The number of aryl methyl sites for hydroxylation is 2. The largest absolute Gasteiger partial charge is 0.462 e. The van der Waals surface area contributed by atoms with Crippen molar-refractivity contribution in [1.82, 2.24) is 14.7 Å². The molecule has 6 nitrogen and oxygen atoms in total. The molecule has 0 unspecified atom stereocenters. The minimum absolute atomic E-state index is 0.0393. The van der Waals surface area contributed by atoms with Gasteiger partial charge in [0, 0.05) is 38.2 Å². The molecule has 25 heavy (non-hydrogen) atoms. The van der Waals surface area contributed by atoms with Crippen molar-refractivity contribution in [2.75, 3.05) is 13.2 Å². The number of aromatic nitrogens is 2. The SMILES string of the molecule is Cc1nn(C)c(C)c1C(=O)OC[C@@H]1CC(=O)N(Cc2ccccc2)C1. The Morgan fingerprint density at radius 2 is 2.00 bits per heavy atom. The highest BCUT2D eigenvalue weighted by Gasteiger charge is 2.31. The summed E-state index contributed by atoms with van der Waals surface area (Å²) >= 11 is 0. The van der Waals surface area contributed by atoms with Crippen molar-refractivity contribution in [3.05, 3.63) is 52.8 Å². The topological polar surface area (TPSA) is 64.4 Å². The molecule has 1 aromatic heterocycles. The molecule has 0 aliphatic carbocycles. The number of rotatable bonds is 5. The summed E-state index contributed by atoms with van der Waals surface area (Å²) in [6.07, 6.45) is 0.422. The molecule has 1 aromatic carbocycles. The van der Waals surface area contributed by atoms with Gasteiger partial charge in [0.25, 0.3) is 0 Å². The highest BCUT2D eigenvalue weighted by Crippen LogP contribution is 2.21. The molecule has 0 radical (unpaired) electrons. The fraction of sp³-hybridized carbons (Fsp3) is 0.421. The lowest BCUT2D eigenvalue weighted by molar-refractivity contribution is -0.128. The van der Waals surface area contributed by atoms with Crippen molar-refractivity contribution in [2.45, 2.75) is 26.8 Å². The first-order valence-electron chi connectivity index (χ1n) is 8.44. The molecular formula is C19H23N3O3. The highest BCUT2D eigenvalue weighted by molar-refractivity contribution is 5.91. The summed E-state index contributed by atoms with van der Waals surface area (Å²) in [5.74, 6) is -0.215. The molecule has 0 N–H and O–H groups in total. The number of hydrogen-bond acceptors (Lipinski definition) is 4. The van der Waals surface area contributed by atoms with E-state index >= 15 is 0 Å². The van der Waals surface area contributed by atoms with E-state index in [0.717, 1.165) is 11.3 Å². The van der Waals surface area contributed by atoms with Crippen LogP contribution in [0.25, 0.3) is 0 Å². The number of carbonyl (C=O) groups excluding carboxylic acids is 2. The van der Waals surface area contributed by atoms with E-state index in [0.29, 0.717) is 30.8 Å². The summed E-state index contributed by atoms with van der Waals surface area (Å²) in [5, 5.41) is 4.24. The monoisotopic (exact) mass is 341 g/mol. The second-order valence-corrected chi connectivity index (χ2v) is 6.60. The molecule has 132 valence electrons. The fourth-order valence-electron chi connectivity index (χ4n) is 3.26. The van der Waals surface area contributed by atoms with Gasteiger partial charge in [-0.3, -0.25) is 9.48 Å². The number of carbonyl (C=O) groups is 2. The zero-order chi connectivity index (χ0) is 18.0. The molecule has 1 amide bonds. The van der Waals surface area contributed by atoms with Gasteiger partial charge >= 0.3 is 5.97 Å². The molecular weight excluding hydrogens is 318 g/mol. The summed E-state index contributed by atoms with van der Waals surface area (Å²) in [7, 11) is 1.80. The van der Waals surface area contributed by atoms with Gasteiger partial charge in [-0.25, -0.2) is 4.79 Å². The molecule has 3 rings (SSSR count). The molecule has 2 aromatic rings. The lowest BCUT2D eigenvalue weighted by Gasteiger charge is -2.16. The van der Waals surface area contributed by atoms with E-state index in [-0.39, 0.29) is 24.4 Å². The molecule has 1 saturated heterocycles. The van der Waals surface area contributed by atoms with Crippen molar-refractivity contribution in [3.8, 4) is 0 Å². The van der Waals surface area contributed by atoms with E-state index < -0.39 is 0 Å². The number of esters is 1. The molecule has 1 aliphatic heterocycles. The molecule has 0 saturated carbocycles. The van der Waals surface area contributed by atoms with Gasteiger partial charge in [0.05, 0.1) is 12.3 Å². The first-order chi connectivity index (χ1) is 12.0. The molecule has 2 heterocycles. The third-order valence-electron chi connectivity index (χ3n) is 4.67. The van der Waals surface area contributed by atoms with Gasteiger partial charge in [-0.05, 0) is 19.4 Å². The summed E-state index contributed by atoms with van der Waals surface area (Å²) in [6, 6.07) is 9.91. The summed E-state index contributed by atoms with van der Waals surface area (Å²) < 4.78 is 7.14. The number of ether oxygens (including phenoxy) is 1. The normalized spacial score (nSPS) is 17.2. The molecule has 1 atom stereocenters. The minimum atomic E-state index is -0.364. The van der Waals surface area contributed by atoms with Crippen molar-refractivity contribution < 1.29 is 14.3 Å². The maximum Gasteiger partial charge on any atom is 0.341 e. The van der Waals surface area contributed by atoms with Gasteiger partial charge < -0.3 is 9.64 Å². The van der Waals surface area contributed by atoms with Crippen molar-refractivity contribution >= 4 is 11.9 Å². The van der Waals surface area contributed by atoms with Crippen LogP contribution in [0.4, 0.5) is 0 Å². The Hall–Kier alpha value is -2.63. The molecule has 1 aliphatic rings. The number of hydrogen-bond donors (Lipinski definition) is 0. The Morgan fingerprint density at radius 3 is 2.64 bits per heavy atom. The summed E-state index contributed by atoms with van der Waals surface area (Å²) in [4.78, 5) is 26.4. The van der Waals surface area contributed by atoms with Crippen LogP contribution in [0.1, 0.15) is 33.7 Å². The number of benzene rings is 1. The van der Waals surface area contributed by atoms with Gasteiger partial charge in [0.1, 0.15) is 5.56 Å². The summed E-state index contributed by atoms with van der Waals surface area (Å²) in [6.45, 7) is 5.11. The maximum atomic E-state index is 12.3. The standard InChI is InChI=1S/C19H23N3O3/c1-13-18(14(2)21(3)20-13)19(24)25-12-16-9-17(23)22(11-16)10-15-7-5-4-6-8-15/h4-8,16H,9-12H2,1-3H3/t16-/m1/s1. The van der Waals surface area contributed by atoms with Gasteiger partial charge in [-0.2, -0.15) is 5.10 Å². The van der Waals surface area contributed by atoms with Crippen molar-refractivity contribution in [2.24, 2.45) is 13.0 Å². The lowest BCUT2D eigenvalue weighted by Crippen LogP contribution is -2.25. The van der Waals surface area contributed by atoms with Gasteiger partial charge in [0.2, 0.25) is 5.91 Å². The molecule has 6 heteroatoms. The second kappa shape index (κ2) is 7.09. The van der Waals surface area contributed by atoms with Gasteiger partial charge in [-0.15, -0.1) is 0 Å². The Kier molecular flexibility index (Phi) is 4.88. The van der Waals surface area contributed by atoms with E-state index in [9.17, 15) is 9.59 Å². The Labute approximate surface area is 147 Å². The zero-order valence-corrected chi connectivity index (χ0v) is 14.9. The Balaban J connectivity index is 1.56. The van der Waals surface area contributed by atoms with E-state index in [1.54, 1.807) is 18.7 Å². The highest BCUT2D eigenvalue weighted by atomic mass is 16.5. The van der Waals surface area contributed by atoms with Crippen LogP contribution in [0.5, 0.6) is 0 Å². The van der Waals surface area contributed by atoms with E-state index in [1.165, 1.54) is 0 Å². The van der Waals surface area contributed by atoms with Crippen LogP contribution in [0, 0.1) is 19.8 Å². The van der Waals surface area contributed by atoms with Crippen LogP contribution in [0.3, 0.4) is 0 Å². The Bertz CT molecular complexity index is 783. The van der Waals surface area contributed by atoms with Crippen LogP contribution in [0.2, 0.25) is 0 Å². The fourth-order valence-corrected chi connectivity index (χ4v) is 3.26. The van der Waals surface area contributed by atoms with Crippen LogP contribution in [-0.2, 0) is 23.1 Å². The molecule has 0 spiro atoms. The van der Waals surface area contributed by atoms with Gasteiger partial charge in [0.15, 0.2) is 0 Å². The third-order valence-corrected chi connectivity index (χ3v) is 4.67. The van der Waals surface area contributed by atoms with E-state index in [2.05, 4.69) is 5.10 Å². The first kappa shape index (κ1) is 17.2. The first-order valence-corrected chi connectivity index (χ1v) is 8.44. The average Bonchev–Trinajstić information content (AvgIpc) is 3.05.